The summed E-state index contributed by atoms with van der Waals surface area (Å²) < 4.78 is 26.3. The minimum atomic E-state index is -0.288. The number of piperidine rings is 1. The highest BCUT2D eigenvalue weighted by Crippen LogP contribution is 2.25. The highest BCUT2D eigenvalue weighted by Gasteiger charge is 2.33. The molecule has 35 heavy (non-hydrogen) atoms. The number of urea groups is 1. The summed E-state index contributed by atoms with van der Waals surface area (Å²) in [7, 11) is 0. The molecule has 194 valence electrons. The number of carbonyl (C=O) groups excluding carboxylic acids is 2. The minimum absolute atomic E-state index is 0.0495. The molecule has 0 aromatic heterocycles. The van der Waals surface area contributed by atoms with Crippen LogP contribution >= 0.6 is 0 Å². The van der Waals surface area contributed by atoms with Crippen LogP contribution in [0, 0.1) is 11.7 Å². The van der Waals surface area contributed by atoms with Gasteiger partial charge in [-0.3, -0.25) is 4.79 Å². The van der Waals surface area contributed by atoms with Crippen molar-refractivity contribution in [1.29, 1.82) is 0 Å². The molecule has 4 unspecified atom stereocenters. The van der Waals surface area contributed by atoms with Crippen molar-refractivity contribution < 1.29 is 23.5 Å². The number of anilines is 1. The van der Waals surface area contributed by atoms with E-state index in [-0.39, 0.29) is 54.6 Å². The Morgan fingerprint density at radius 1 is 0.914 bits per heavy atom. The molecule has 0 radical (unpaired) electrons. The molecule has 1 N–H and O–H groups in total. The Labute approximate surface area is 207 Å². The van der Waals surface area contributed by atoms with Gasteiger partial charge in [0.15, 0.2) is 0 Å². The molecule has 3 fully saturated rings. The zero-order valence-electron chi connectivity index (χ0n) is 21.3. The number of nitrogens with one attached hydrogen (secondary N) is 1. The summed E-state index contributed by atoms with van der Waals surface area (Å²) in [5, 5.41) is 2.90. The molecule has 3 amide bonds. The molecule has 4 atom stereocenters. The Bertz CT molecular complexity index is 887. The first-order valence-corrected chi connectivity index (χ1v) is 12.9. The van der Waals surface area contributed by atoms with E-state index in [1.807, 2.05) is 43.6 Å². The lowest BCUT2D eigenvalue weighted by atomic mass is 9.95. The van der Waals surface area contributed by atoms with Gasteiger partial charge in [0.25, 0.3) is 0 Å². The van der Waals surface area contributed by atoms with Gasteiger partial charge in [0, 0.05) is 51.7 Å². The molecule has 3 aliphatic rings. The highest BCUT2D eigenvalue weighted by molar-refractivity contribution is 5.80. The minimum Gasteiger partial charge on any atom is -0.372 e. The van der Waals surface area contributed by atoms with E-state index in [1.165, 1.54) is 6.07 Å². The van der Waals surface area contributed by atoms with Gasteiger partial charge < -0.3 is 29.5 Å². The molecule has 0 bridgehead atoms. The number of halogens is 1. The Morgan fingerprint density at radius 3 is 2.06 bits per heavy atom. The van der Waals surface area contributed by atoms with E-state index in [2.05, 4.69) is 5.32 Å². The Hall–Kier alpha value is -2.39. The van der Waals surface area contributed by atoms with E-state index >= 15 is 0 Å². The van der Waals surface area contributed by atoms with Crippen LogP contribution in [-0.4, -0.2) is 85.4 Å². The first kappa shape index (κ1) is 25.7. The van der Waals surface area contributed by atoms with Crippen molar-refractivity contribution in [2.75, 3.05) is 44.2 Å². The van der Waals surface area contributed by atoms with E-state index in [1.54, 1.807) is 11.0 Å². The predicted molar refractivity (Wildman–Crippen MR) is 132 cm³/mol. The summed E-state index contributed by atoms with van der Waals surface area (Å²) in [5.74, 6) is -0.167. The molecular weight excluding hydrogens is 451 g/mol. The number of hydrogen-bond donors (Lipinski definition) is 1. The van der Waals surface area contributed by atoms with Crippen LogP contribution in [0.2, 0.25) is 0 Å². The molecule has 0 aliphatic carbocycles. The first-order chi connectivity index (χ1) is 16.7. The summed E-state index contributed by atoms with van der Waals surface area (Å²) in [4.78, 5) is 31.3. The van der Waals surface area contributed by atoms with E-state index in [4.69, 9.17) is 9.47 Å². The van der Waals surface area contributed by atoms with Crippen LogP contribution in [0.4, 0.5) is 14.9 Å². The quantitative estimate of drug-likeness (QED) is 0.703. The number of nitrogens with zero attached hydrogens (tertiary/aromatic N) is 3. The number of rotatable bonds is 4. The maximum atomic E-state index is 14.8. The number of benzene rings is 1. The summed E-state index contributed by atoms with van der Waals surface area (Å²) in [6.07, 6.45) is 1.52. The number of hydrogen-bond acceptors (Lipinski definition) is 5. The third kappa shape index (κ3) is 6.44. The Kier molecular flexibility index (Phi) is 8.16. The third-order valence-electron chi connectivity index (χ3n) is 7.08. The zero-order valence-corrected chi connectivity index (χ0v) is 21.3. The van der Waals surface area contributed by atoms with Crippen LogP contribution in [0.3, 0.4) is 0 Å². The van der Waals surface area contributed by atoms with Crippen molar-refractivity contribution in [2.45, 2.75) is 71.5 Å². The van der Waals surface area contributed by atoms with Crippen LogP contribution < -0.4 is 10.2 Å². The number of amides is 3. The average Bonchev–Trinajstić information content (AvgIpc) is 2.81. The number of ether oxygens (including phenoxy) is 2. The van der Waals surface area contributed by atoms with Gasteiger partial charge in [-0.25, -0.2) is 9.18 Å². The number of likely N-dealkylation sites (tertiary alicyclic amines) is 1. The second-order valence-electron chi connectivity index (χ2n) is 10.4. The monoisotopic (exact) mass is 490 g/mol. The topological polar surface area (TPSA) is 74.4 Å². The van der Waals surface area contributed by atoms with Crippen molar-refractivity contribution in [3.63, 3.8) is 0 Å². The first-order valence-electron chi connectivity index (χ1n) is 12.9. The van der Waals surface area contributed by atoms with Crippen LogP contribution in [0.15, 0.2) is 18.2 Å². The summed E-state index contributed by atoms with van der Waals surface area (Å²) in [6, 6.07) is 4.96. The molecule has 8 nitrogen and oxygen atoms in total. The molecule has 3 heterocycles. The highest BCUT2D eigenvalue weighted by atomic mass is 19.1. The van der Waals surface area contributed by atoms with Gasteiger partial charge in [-0.1, -0.05) is 6.07 Å². The van der Waals surface area contributed by atoms with E-state index in [0.29, 0.717) is 57.8 Å². The number of carbonyl (C=O) groups is 2. The van der Waals surface area contributed by atoms with Gasteiger partial charge >= 0.3 is 6.03 Å². The molecule has 3 saturated heterocycles. The Balaban J connectivity index is 1.24. The lowest BCUT2D eigenvalue weighted by molar-refractivity contribution is -0.148. The lowest BCUT2D eigenvalue weighted by Gasteiger charge is -2.39. The van der Waals surface area contributed by atoms with Gasteiger partial charge in [-0.05, 0) is 58.2 Å². The fraction of sp³-hybridized carbons (Fsp3) is 0.692. The molecule has 4 rings (SSSR count). The standard InChI is InChI=1S/C26H39FN4O4/c1-17-13-30(14-18(2)34-17)24-6-5-21(11-23(24)27)12-28-26(33)29-9-7-22(8-10-29)25(32)31-15-19(3)35-20(4)16-31/h5-6,11,17-20,22H,7-10,12-16H2,1-4H3,(H,28,33). The predicted octanol–water partition coefficient (Wildman–Crippen LogP) is 3.00. The molecule has 0 saturated carbocycles. The summed E-state index contributed by atoms with van der Waals surface area (Å²) >= 11 is 0. The van der Waals surface area contributed by atoms with Crippen LogP contribution in [0.5, 0.6) is 0 Å². The van der Waals surface area contributed by atoms with Crippen molar-refractivity contribution in [3.05, 3.63) is 29.6 Å². The summed E-state index contributed by atoms with van der Waals surface area (Å²) in [6.45, 7) is 11.9. The van der Waals surface area contributed by atoms with Gasteiger partial charge in [0.1, 0.15) is 5.82 Å². The second kappa shape index (κ2) is 11.1. The molecular formula is C26H39FN4O4. The van der Waals surface area contributed by atoms with Gasteiger partial charge in [-0.15, -0.1) is 0 Å². The lowest BCUT2D eigenvalue weighted by Crippen LogP contribution is -2.52. The van der Waals surface area contributed by atoms with Crippen LogP contribution in [-0.2, 0) is 20.8 Å². The van der Waals surface area contributed by atoms with Crippen molar-refractivity contribution in [2.24, 2.45) is 5.92 Å². The van der Waals surface area contributed by atoms with E-state index < -0.39 is 0 Å². The van der Waals surface area contributed by atoms with Crippen LogP contribution in [0.1, 0.15) is 46.1 Å². The fourth-order valence-electron chi connectivity index (χ4n) is 5.53. The number of morpholine rings is 2. The third-order valence-corrected chi connectivity index (χ3v) is 7.08. The van der Waals surface area contributed by atoms with Crippen molar-refractivity contribution >= 4 is 17.6 Å². The van der Waals surface area contributed by atoms with Crippen molar-refractivity contribution in [3.8, 4) is 0 Å². The van der Waals surface area contributed by atoms with Crippen molar-refractivity contribution in [1.82, 2.24) is 15.1 Å². The van der Waals surface area contributed by atoms with Gasteiger partial charge in [0.05, 0.1) is 30.1 Å². The smallest absolute Gasteiger partial charge is 0.317 e. The largest absolute Gasteiger partial charge is 0.372 e. The normalized spacial score (nSPS) is 28.2. The van der Waals surface area contributed by atoms with Gasteiger partial charge in [-0.2, -0.15) is 0 Å². The maximum absolute atomic E-state index is 14.8. The average molecular weight is 491 g/mol. The molecule has 1 aromatic rings. The SMILES string of the molecule is CC1CN(C(=O)C2CCN(C(=O)NCc3ccc(N4CC(C)OC(C)C4)c(F)c3)CC2)CC(C)O1. The molecule has 1 aromatic carbocycles. The van der Waals surface area contributed by atoms with E-state index in [0.717, 1.165) is 5.56 Å². The summed E-state index contributed by atoms with van der Waals surface area (Å²) in [5.41, 5.74) is 1.28. The molecule has 3 aliphatic heterocycles. The van der Waals surface area contributed by atoms with E-state index in [9.17, 15) is 14.0 Å². The zero-order chi connectivity index (χ0) is 25.1. The molecule has 9 heteroatoms. The second-order valence-corrected chi connectivity index (χ2v) is 10.4. The van der Waals surface area contributed by atoms with Gasteiger partial charge in [0.2, 0.25) is 5.91 Å². The molecule has 0 spiro atoms. The fourth-order valence-corrected chi connectivity index (χ4v) is 5.53. The Morgan fingerprint density at radius 2 is 1.49 bits per heavy atom. The van der Waals surface area contributed by atoms with Crippen LogP contribution in [0.25, 0.3) is 0 Å². The maximum Gasteiger partial charge on any atom is 0.317 e.